The number of hydrogen-bond acceptors (Lipinski definition) is 4. The van der Waals surface area contributed by atoms with Gasteiger partial charge in [-0.15, -0.1) is 0 Å². The Hall–Kier alpha value is -2.08. The van der Waals surface area contributed by atoms with Gasteiger partial charge in [0.2, 0.25) is 5.91 Å². The van der Waals surface area contributed by atoms with Crippen molar-refractivity contribution in [3.63, 3.8) is 0 Å². The number of ether oxygens (including phenoxy) is 1. The Kier molecular flexibility index (Phi) is 7.10. The average molecular weight is 373 g/mol. The van der Waals surface area contributed by atoms with Crippen LogP contribution in [0.4, 0.5) is 4.79 Å². The summed E-state index contributed by atoms with van der Waals surface area (Å²) in [5.74, 6) is 0.891. The molecule has 0 unspecified atom stereocenters. The molecule has 0 aliphatic carbocycles. The van der Waals surface area contributed by atoms with E-state index >= 15 is 0 Å². The van der Waals surface area contributed by atoms with Gasteiger partial charge in [-0.25, -0.2) is 4.79 Å². The molecule has 1 aromatic rings. The minimum atomic E-state index is -0.246. The van der Waals surface area contributed by atoms with Crippen molar-refractivity contribution in [2.75, 3.05) is 52.4 Å². The number of likely N-dealkylation sites (tertiary alicyclic amines) is 1. The second-order valence-corrected chi connectivity index (χ2v) is 7.48. The third kappa shape index (κ3) is 5.70. The molecule has 6 nitrogen and oxygen atoms in total. The van der Waals surface area contributed by atoms with E-state index in [2.05, 4.69) is 35.2 Å². The van der Waals surface area contributed by atoms with Crippen molar-refractivity contribution in [1.82, 2.24) is 14.7 Å². The fraction of sp³-hybridized carbons (Fsp3) is 0.619. The summed E-state index contributed by atoms with van der Waals surface area (Å²) in [7, 11) is 0. The van der Waals surface area contributed by atoms with Crippen LogP contribution in [-0.2, 0) is 16.0 Å². The van der Waals surface area contributed by atoms with Gasteiger partial charge in [0, 0.05) is 39.3 Å². The predicted octanol–water partition coefficient (Wildman–Crippen LogP) is 2.24. The lowest BCUT2D eigenvalue weighted by molar-refractivity contribution is -0.134. The third-order valence-corrected chi connectivity index (χ3v) is 5.59. The molecule has 2 aliphatic rings. The Labute approximate surface area is 162 Å². The molecule has 148 valence electrons. The van der Waals surface area contributed by atoms with Crippen molar-refractivity contribution in [3.05, 3.63) is 35.9 Å². The van der Waals surface area contributed by atoms with Crippen LogP contribution in [0.25, 0.3) is 0 Å². The van der Waals surface area contributed by atoms with Crippen LogP contribution < -0.4 is 0 Å². The second-order valence-electron chi connectivity index (χ2n) is 7.48. The molecule has 0 bridgehead atoms. The number of carbonyl (C=O) groups excluding carboxylic acids is 2. The molecule has 2 aliphatic heterocycles. The molecule has 0 aromatic heterocycles. The third-order valence-electron chi connectivity index (χ3n) is 5.59. The number of carbonyl (C=O) groups is 2. The van der Waals surface area contributed by atoms with Crippen LogP contribution in [-0.4, -0.2) is 79.1 Å². The first-order valence-electron chi connectivity index (χ1n) is 10.1. The topological polar surface area (TPSA) is 53.1 Å². The number of benzene rings is 1. The van der Waals surface area contributed by atoms with E-state index in [1.165, 1.54) is 5.56 Å². The lowest BCUT2D eigenvalue weighted by atomic mass is 9.90. The first-order chi connectivity index (χ1) is 13.2. The molecule has 27 heavy (non-hydrogen) atoms. The lowest BCUT2D eigenvalue weighted by Gasteiger charge is -2.36. The highest BCUT2D eigenvalue weighted by Crippen LogP contribution is 2.22. The van der Waals surface area contributed by atoms with Crippen molar-refractivity contribution < 1.29 is 14.3 Å². The highest BCUT2D eigenvalue weighted by atomic mass is 16.6. The number of piperidine rings is 1. The van der Waals surface area contributed by atoms with Gasteiger partial charge in [-0.1, -0.05) is 30.3 Å². The quantitative estimate of drug-likeness (QED) is 0.794. The maximum atomic E-state index is 12.6. The maximum absolute atomic E-state index is 12.6. The second kappa shape index (κ2) is 9.74. The average Bonchev–Trinajstić information content (AvgIpc) is 2.70. The summed E-state index contributed by atoms with van der Waals surface area (Å²) >= 11 is 0. The van der Waals surface area contributed by atoms with E-state index in [0.29, 0.717) is 32.2 Å². The molecule has 0 N–H and O–H groups in total. The molecule has 0 atom stereocenters. The van der Waals surface area contributed by atoms with Crippen LogP contribution in [0, 0.1) is 5.92 Å². The first kappa shape index (κ1) is 19.7. The molecular weight excluding hydrogens is 342 g/mol. The van der Waals surface area contributed by atoms with Crippen molar-refractivity contribution in [2.24, 2.45) is 5.92 Å². The predicted molar refractivity (Wildman–Crippen MR) is 104 cm³/mol. The minimum Gasteiger partial charge on any atom is -0.450 e. The standard InChI is InChI=1S/C21H31N3O3/c1-2-27-21(26)24-14-12-22(13-15-24)17-20(25)23-10-8-19(9-11-23)16-18-6-4-3-5-7-18/h3-7,19H,2,8-17H2,1H3. The fourth-order valence-electron chi connectivity index (χ4n) is 3.93. The number of nitrogens with zero attached hydrogens (tertiary/aromatic N) is 3. The number of rotatable bonds is 5. The number of piperazine rings is 1. The van der Waals surface area contributed by atoms with Crippen LogP contribution in [0.15, 0.2) is 30.3 Å². The van der Waals surface area contributed by atoms with Gasteiger partial charge in [0.15, 0.2) is 0 Å². The normalized spacial score (nSPS) is 19.1. The van der Waals surface area contributed by atoms with E-state index < -0.39 is 0 Å². The number of amides is 2. The summed E-state index contributed by atoms with van der Waals surface area (Å²) in [6.45, 7) is 7.12. The lowest BCUT2D eigenvalue weighted by Crippen LogP contribution is -2.52. The molecule has 6 heteroatoms. The highest BCUT2D eigenvalue weighted by Gasteiger charge is 2.27. The van der Waals surface area contributed by atoms with Gasteiger partial charge in [0.25, 0.3) is 0 Å². The smallest absolute Gasteiger partial charge is 0.409 e. The summed E-state index contributed by atoms with van der Waals surface area (Å²) in [6, 6.07) is 10.6. The van der Waals surface area contributed by atoms with E-state index in [4.69, 9.17) is 4.74 Å². The molecular formula is C21H31N3O3. The van der Waals surface area contributed by atoms with Crippen molar-refractivity contribution >= 4 is 12.0 Å². The summed E-state index contributed by atoms with van der Waals surface area (Å²) in [4.78, 5) is 30.3. The summed E-state index contributed by atoms with van der Waals surface area (Å²) in [6.07, 6.45) is 3.02. The molecule has 3 rings (SSSR count). The van der Waals surface area contributed by atoms with Crippen LogP contribution in [0.1, 0.15) is 25.3 Å². The van der Waals surface area contributed by atoms with Gasteiger partial charge in [0.05, 0.1) is 13.2 Å². The van der Waals surface area contributed by atoms with Gasteiger partial charge in [-0.3, -0.25) is 9.69 Å². The van der Waals surface area contributed by atoms with Gasteiger partial charge >= 0.3 is 6.09 Å². The molecule has 2 fully saturated rings. The van der Waals surface area contributed by atoms with E-state index in [1.54, 1.807) is 4.90 Å². The molecule has 0 saturated carbocycles. The van der Waals surface area contributed by atoms with Crippen molar-refractivity contribution in [1.29, 1.82) is 0 Å². The van der Waals surface area contributed by atoms with E-state index in [-0.39, 0.29) is 12.0 Å². The van der Waals surface area contributed by atoms with Gasteiger partial charge in [-0.2, -0.15) is 0 Å². The SMILES string of the molecule is CCOC(=O)N1CCN(CC(=O)N2CCC(Cc3ccccc3)CC2)CC1. The van der Waals surface area contributed by atoms with Crippen LogP contribution in [0.3, 0.4) is 0 Å². The first-order valence-corrected chi connectivity index (χ1v) is 10.1. The molecule has 0 radical (unpaired) electrons. The zero-order valence-electron chi connectivity index (χ0n) is 16.3. The van der Waals surface area contributed by atoms with Gasteiger partial charge < -0.3 is 14.5 Å². The monoisotopic (exact) mass is 373 g/mol. The van der Waals surface area contributed by atoms with Gasteiger partial charge in [0.1, 0.15) is 0 Å². The Balaban J connectivity index is 1.37. The Morgan fingerprint density at radius 1 is 0.963 bits per heavy atom. The van der Waals surface area contributed by atoms with E-state index in [1.807, 2.05) is 11.8 Å². The van der Waals surface area contributed by atoms with E-state index in [9.17, 15) is 9.59 Å². The van der Waals surface area contributed by atoms with Gasteiger partial charge in [-0.05, 0) is 37.7 Å². The molecule has 1 aromatic carbocycles. The van der Waals surface area contributed by atoms with Crippen LogP contribution in [0.2, 0.25) is 0 Å². The summed E-state index contributed by atoms with van der Waals surface area (Å²) in [5.41, 5.74) is 1.39. The molecule has 2 amide bonds. The zero-order valence-corrected chi connectivity index (χ0v) is 16.3. The van der Waals surface area contributed by atoms with Crippen LogP contribution in [0.5, 0.6) is 0 Å². The van der Waals surface area contributed by atoms with E-state index in [0.717, 1.165) is 45.4 Å². The maximum Gasteiger partial charge on any atom is 0.409 e. The highest BCUT2D eigenvalue weighted by molar-refractivity contribution is 5.78. The molecule has 2 heterocycles. The largest absolute Gasteiger partial charge is 0.450 e. The Morgan fingerprint density at radius 2 is 1.63 bits per heavy atom. The molecule has 0 spiro atoms. The van der Waals surface area contributed by atoms with Crippen molar-refractivity contribution in [3.8, 4) is 0 Å². The fourth-order valence-corrected chi connectivity index (χ4v) is 3.93. The Bertz CT molecular complexity index is 606. The summed E-state index contributed by atoms with van der Waals surface area (Å²) in [5, 5.41) is 0. The molecule has 2 saturated heterocycles. The van der Waals surface area contributed by atoms with Crippen LogP contribution >= 0.6 is 0 Å². The Morgan fingerprint density at radius 3 is 2.26 bits per heavy atom. The summed E-state index contributed by atoms with van der Waals surface area (Å²) < 4.78 is 5.04. The zero-order chi connectivity index (χ0) is 19.1. The van der Waals surface area contributed by atoms with Crippen molar-refractivity contribution in [2.45, 2.75) is 26.2 Å². The minimum absolute atomic E-state index is 0.220. The number of hydrogen-bond donors (Lipinski definition) is 0.